The number of ether oxygens (including phenoxy) is 3. The van der Waals surface area contributed by atoms with E-state index in [-0.39, 0.29) is 24.5 Å². The van der Waals surface area contributed by atoms with E-state index in [9.17, 15) is 22.4 Å². The fourth-order valence-electron chi connectivity index (χ4n) is 3.30. The lowest BCUT2D eigenvalue weighted by Gasteiger charge is -2.10. The Hall–Kier alpha value is -3.88. The molecule has 0 atom stereocenters. The van der Waals surface area contributed by atoms with Crippen molar-refractivity contribution in [3.05, 3.63) is 89.2 Å². The van der Waals surface area contributed by atoms with Gasteiger partial charge in [-0.2, -0.15) is 0 Å². The molecule has 0 heterocycles. The average Bonchev–Trinajstić information content (AvgIpc) is 2.80. The van der Waals surface area contributed by atoms with Gasteiger partial charge in [-0.25, -0.2) is 4.39 Å². The number of rotatable bonds is 9. The molecule has 0 N–H and O–H groups in total. The number of carbonyl (C=O) groups is 1. The lowest BCUT2D eigenvalue weighted by molar-refractivity contribution is -0.274. The van der Waals surface area contributed by atoms with Crippen molar-refractivity contribution in [1.82, 2.24) is 0 Å². The maximum absolute atomic E-state index is 14.1. The number of hydrogen-bond acceptors (Lipinski definition) is 5. The Balaban J connectivity index is 1.80. The van der Waals surface area contributed by atoms with E-state index in [4.69, 9.17) is 9.47 Å². The molecule has 0 saturated carbocycles. The van der Waals surface area contributed by atoms with E-state index in [1.54, 1.807) is 37.3 Å². The molecular formula is C26H23F4NO4. The molecule has 3 rings (SSSR count). The number of alkyl halides is 3. The van der Waals surface area contributed by atoms with E-state index in [1.165, 1.54) is 31.4 Å². The molecule has 3 aromatic carbocycles. The predicted molar refractivity (Wildman–Crippen MR) is 123 cm³/mol. The summed E-state index contributed by atoms with van der Waals surface area (Å²) in [6.07, 6.45) is -4.38. The maximum Gasteiger partial charge on any atom is 0.573 e. The summed E-state index contributed by atoms with van der Waals surface area (Å²) in [5.41, 5.74) is 3.04. The first kappa shape index (κ1) is 25.7. The molecule has 0 saturated heterocycles. The van der Waals surface area contributed by atoms with Crippen molar-refractivity contribution in [2.75, 3.05) is 13.7 Å². The van der Waals surface area contributed by atoms with Crippen LogP contribution in [0.4, 0.5) is 23.2 Å². The van der Waals surface area contributed by atoms with Gasteiger partial charge in [-0.15, -0.1) is 13.2 Å². The summed E-state index contributed by atoms with van der Waals surface area (Å²) >= 11 is 0. The predicted octanol–water partition coefficient (Wildman–Crippen LogP) is 6.40. The Morgan fingerprint density at radius 1 is 0.943 bits per heavy atom. The summed E-state index contributed by atoms with van der Waals surface area (Å²) in [7, 11) is 1.36. The largest absolute Gasteiger partial charge is 0.573 e. The van der Waals surface area contributed by atoms with Crippen molar-refractivity contribution >= 4 is 17.4 Å². The number of methoxy groups -OCH3 is 1. The summed E-state index contributed by atoms with van der Waals surface area (Å²) < 4.78 is 64.9. The van der Waals surface area contributed by atoms with Gasteiger partial charge < -0.3 is 14.2 Å². The van der Waals surface area contributed by atoms with Crippen LogP contribution in [0.25, 0.3) is 0 Å². The molecule has 5 nitrogen and oxygen atoms in total. The molecule has 0 radical (unpaired) electrons. The minimum Gasteiger partial charge on any atom is -0.494 e. The third-order valence-electron chi connectivity index (χ3n) is 4.87. The topological polar surface area (TPSA) is 57.1 Å². The minimum absolute atomic E-state index is 0.0817. The number of halogens is 4. The fraction of sp³-hybridized carbons (Fsp3) is 0.231. The molecule has 0 aliphatic heterocycles. The highest BCUT2D eigenvalue weighted by Gasteiger charge is 2.30. The number of carbonyl (C=O) groups excluding carboxylic acids is 1. The Kier molecular flexibility index (Phi) is 8.46. The molecule has 0 fully saturated rings. The first-order valence-corrected chi connectivity index (χ1v) is 10.7. The zero-order valence-electron chi connectivity index (χ0n) is 19.1. The summed E-state index contributed by atoms with van der Waals surface area (Å²) in [5.74, 6) is -1.25. The van der Waals surface area contributed by atoms with E-state index in [2.05, 4.69) is 9.73 Å². The third-order valence-corrected chi connectivity index (χ3v) is 4.87. The van der Waals surface area contributed by atoms with Gasteiger partial charge in [0, 0.05) is 6.07 Å². The second kappa shape index (κ2) is 11.5. The second-order valence-corrected chi connectivity index (χ2v) is 7.42. The highest BCUT2D eigenvalue weighted by Crippen LogP contribution is 2.25. The number of benzene rings is 3. The first-order chi connectivity index (χ1) is 16.7. The van der Waals surface area contributed by atoms with Crippen LogP contribution in [0.3, 0.4) is 0 Å². The Morgan fingerprint density at radius 3 is 2.11 bits per heavy atom. The number of nitrogens with zero attached hydrogens (tertiary/aromatic N) is 1. The molecule has 0 unspecified atom stereocenters. The van der Waals surface area contributed by atoms with Gasteiger partial charge in [0.25, 0.3) is 0 Å². The van der Waals surface area contributed by atoms with E-state index in [0.717, 1.165) is 11.1 Å². The molecule has 0 aromatic heterocycles. The molecule has 3 aromatic rings. The standard InChI is InChI=1S/C26H23F4NO4/c1-3-34-25(32)16-23(31-20-10-13-24(33-2)22(27)15-20)19-8-4-17(5-9-19)14-18-6-11-21(12-7-18)35-26(28,29)30/h4-13,15H,3,14,16H2,1-2H3. The van der Waals surface area contributed by atoms with Crippen molar-refractivity contribution in [3.63, 3.8) is 0 Å². The summed E-state index contributed by atoms with van der Waals surface area (Å²) in [6.45, 7) is 1.92. The second-order valence-electron chi connectivity index (χ2n) is 7.42. The van der Waals surface area contributed by atoms with E-state index in [1.807, 2.05) is 12.1 Å². The van der Waals surface area contributed by atoms with Gasteiger partial charge >= 0.3 is 12.3 Å². The number of aliphatic imine (C=N–C) groups is 1. The van der Waals surface area contributed by atoms with Crippen LogP contribution in [0.15, 0.2) is 71.7 Å². The quantitative estimate of drug-likeness (QED) is 0.198. The van der Waals surface area contributed by atoms with Crippen molar-refractivity contribution in [3.8, 4) is 11.5 Å². The fourth-order valence-corrected chi connectivity index (χ4v) is 3.30. The molecule has 0 aliphatic carbocycles. The maximum atomic E-state index is 14.1. The smallest absolute Gasteiger partial charge is 0.494 e. The Bertz CT molecular complexity index is 1170. The first-order valence-electron chi connectivity index (χ1n) is 10.7. The van der Waals surface area contributed by atoms with Gasteiger partial charge in [0.2, 0.25) is 0 Å². The third kappa shape index (κ3) is 7.84. The van der Waals surface area contributed by atoms with Gasteiger partial charge in [-0.1, -0.05) is 36.4 Å². The monoisotopic (exact) mass is 489 g/mol. The minimum atomic E-state index is -4.74. The van der Waals surface area contributed by atoms with Crippen LogP contribution in [-0.2, 0) is 16.0 Å². The van der Waals surface area contributed by atoms with Gasteiger partial charge in [0.15, 0.2) is 11.6 Å². The van der Waals surface area contributed by atoms with Gasteiger partial charge in [-0.05, 0) is 54.3 Å². The zero-order chi connectivity index (χ0) is 25.4. The zero-order valence-corrected chi connectivity index (χ0v) is 19.1. The molecule has 0 aliphatic rings. The van der Waals surface area contributed by atoms with E-state index >= 15 is 0 Å². The van der Waals surface area contributed by atoms with Crippen molar-refractivity contribution < 1.29 is 36.6 Å². The van der Waals surface area contributed by atoms with Gasteiger partial charge in [0.05, 0.1) is 31.5 Å². The molecule has 0 bridgehead atoms. The summed E-state index contributed by atoms with van der Waals surface area (Å²) in [4.78, 5) is 16.6. The number of hydrogen-bond donors (Lipinski definition) is 0. The molecule has 184 valence electrons. The highest BCUT2D eigenvalue weighted by atomic mass is 19.4. The van der Waals surface area contributed by atoms with Gasteiger partial charge in [0.1, 0.15) is 5.75 Å². The highest BCUT2D eigenvalue weighted by molar-refractivity contribution is 6.10. The molecule has 35 heavy (non-hydrogen) atoms. The van der Waals surface area contributed by atoms with Gasteiger partial charge in [-0.3, -0.25) is 9.79 Å². The van der Waals surface area contributed by atoms with Crippen LogP contribution in [0.2, 0.25) is 0 Å². The normalized spacial score (nSPS) is 11.8. The molecule has 0 spiro atoms. The number of esters is 1. The van der Waals surface area contributed by atoms with Crippen molar-refractivity contribution in [2.45, 2.75) is 26.1 Å². The van der Waals surface area contributed by atoms with E-state index in [0.29, 0.717) is 23.4 Å². The molecule has 0 amide bonds. The Morgan fingerprint density at radius 2 is 1.57 bits per heavy atom. The SMILES string of the molecule is CCOC(=O)CC(=Nc1ccc(OC)c(F)c1)c1ccc(Cc2ccc(OC(F)(F)F)cc2)cc1. The van der Waals surface area contributed by atoms with Crippen molar-refractivity contribution in [1.29, 1.82) is 0 Å². The lowest BCUT2D eigenvalue weighted by atomic mass is 10.0. The van der Waals surface area contributed by atoms with Crippen molar-refractivity contribution in [2.24, 2.45) is 4.99 Å². The van der Waals surface area contributed by atoms with Crippen LogP contribution in [0.1, 0.15) is 30.0 Å². The molecular weight excluding hydrogens is 466 g/mol. The lowest BCUT2D eigenvalue weighted by Crippen LogP contribution is -2.17. The van der Waals surface area contributed by atoms with Crippen LogP contribution < -0.4 is 9.47 Å². The summed E-state index contributed by atoms with van der Waals surface area (Å²) in [5, 5.41) is 0. The average molecular weight is 489 g/mol. The van der Waals surface area contributed by atoms with Crippen LogP contribution in [-0.4, -0.2) is 31.8 Å². The molecule has 9 heteroatoms. The van der Waals surface area contributed by atoms with Crippen LogP contribution in [0.5, 0.6) is 11.5 Å². The Labute approximate surface area is 200 Å². The summed E-state index contributed by atoms with van der Waals surface area (Å²) in [6, 6.07) is 17.1. The van der Waals surface area contributed by atoms with Crippen LogP contribution in [0, 0.1) is 5.82 Å². The van der Waals surface area contributed by atoms with E-state index < -0.39 is 18.1 Å². The van der Waals surface area contributed by atoms with Crippen LogP contribution >= 0.6 is 0 Å².